The lowest BCUT2D eigenvalue weighted by Crippen LogP contribution is -2.43. The van der Waals surface area contributed by atoms with Crippen LogP contribution in [0, 0.1) is 0 Å². The molecule has 1 unspecified atom stereocenters. The molecular weight excluding hydrogens is 352 g/mol. The summed E-state index contributed by atoms with van der Waals surface area (Å²) >= 11 is 3.40. The Labute approximate surface area is 147 Å². The zero-order chi connectivity index (χ0) is 16.1. The normalized spacial score (nSPS) is 22.8. The molecule has 0 amide bonds. The van der Waals surface area contributed by atoms with Crippen molar-refractivity contribution in [3.8, 4) is 0 Å². The Morgan fingerprint density at radius 1 is 1.09 bits per heavy atom. The standard InChI is InChI=1S/C19H25BrN2O/c20-17-8-6-16(7-9-17)19(23)10-14-22-13-2-1-5-18(22)15-21-11-3-4-12-21/h6-10,14,18H,1-5,11-13,15H2. The van der Waals surface area contributed by atoms with Gasteiger partial charge in [0.15, 0.2) is 5.78 Å². The second-order valence-electron chi connectivity index (χ2n) is 6.58. The number of benzene rings is 1. The van der Waals surface area contributed by atoms with Gasteiger partial charge in [-0.15, -0.1) is 0 Å². The van der Waals surface area contributed by atoms with E-state index in [-0.39, 0.29) is 5.78 Å². The van der Waals surface area contributed by atoms with Crippen LogP contribution in [0.2, 0.25) is 0 Å². The largest absolute Gasteiger partial charge is 0.373 e. The summed E-state index contributed by atoms with van der Waals surface area (Å²) < 4.78 is 1.000. The quantitative estimate of drug-likeness (QED) is 0.570. The lowest BCUT2D eigenvalue weighted by molar-refractivity contribution is 0.104. The highest BCUT2D eigenvalue weighted by Gasteiger charge is 2.23. The molecule has 2 fully saturated rings. The van der Waals surface area contributed by atoms with Crippen LogP contribution >= 0.6 is 15.9 Å². The number of hydrogen-bond acceptors (Lipinski definition) is 3. The molecule has 0 spiro atoms. The van der Waals surface area contributed by atoms with Crippen LogP contribution in [-0.2, 0) is 0 Å². The first-order valence-corrected chi connectivity index (χ1v) is 9.48. The molecule has 23 heavy (non-hydrogen) atoms. The van der Waals surface area contributed by atoms with Crippen molar-refractivity contribution < 1.29 is 4.79 Å². The van der Waals surface area contributed by atoms with Crippen LogP contribution in [0.5, 0.6) is 0 Å². The number of hydrogen-bond donors (Lipinski definition) is 0. The van der Waals surface area contributed by atoms with Crippen molar-refractivity contribution in [1.29, 1.82) is 0 Å². The third-order valence-corrected chi connectivity index (χ3v) is 5.42. The van der Waals surface area contributed by atoms with Gasteiger partial charge in [-0.1, -0.05) is 15.9 Å². The Balaban J connectivity index is 1.61. The molecule has 1 aromatic rings. The van der Waals surface area contributed by atoms with E-state index in [4.69, 9.17) is 0 Å². The molecule has 2 aliphatic heterocycles. The molecule has 2 heterocycles. The molecule has 124 valence electrons. The second kappa shape index (κ2) is 8.11. The Morgan fingerprint density at radius 2 is 1.78 bits per heavy atom. The molecule has 0 aliphatic carbocycles. The average Bonchev–Trinajstić information content (AvgIpc) is 3.07. The van der Waals surface area contributed by atoms with E-state index in [0.29, 0.717) is 6.04 Å². The number of halogens is 1. The van der Waals surface area contributed by atoms with Crippen LogP contribution in [0.15, 0.2) is 41.0 Å². The van der Waals surface area contributed by atoms with Gasteiger partial charge >= 0.3 is 0 Å². The number of rotatable bonds is 5. The Bertz CT molecular complexity index is 549. The molecule has 2 aliphatic rings. The number of piperidine rings is 1. The van der Waals surface area contributed by atoms with Crippen LogP contribution in [-0.4, -0.2) is 47.8 Å². The van der Waals surface area contributed by atoms with Gasteiger partial charge in [-0.05, 0) is 69.5 Å². The van der Waals surface area contributed by atoms with Gasteiger partial charge in [0.05, 0.1) is 0 Å². The van der Waals surface area contributed by atoms with Crippen molar-refractivity contribution in [2.24, 2.45) is 0 Å². The van der Waals surface area contributed by atoms with Crippen molar-refractivity contribution in [3.05, 3.63) is 46.6 Å². The topological polar surface area (TPSA) is 23.6 Å². The third-order valence-electron chi connectivity index (χ3n) is 4.89. The maximum atomic E-state index is 12.3. The lowest BCUT2D eigenvalue weighted by atomic mass is 10.0. The zero-order valence-corrected chi connectivity index (χ0v) is 15.2. The highest BCUT2D eigenvalue weighted by Crippen LogP contribution is 2.20. The van der Waals surface area contributed by atoms with Gasteiger partial charge in [-0.3, -0.25) is 4.79 Å². The number of carbonyl (C=O) groups is 1. The van der Waals surface area contributed by atoms with E-state index in [1.807, 2.05) is 30.5 Å². The Kier molecular flexibility index (Phi) is 5.90. The first kappa shape index (κ1) is 16.7. The highest BCUT2D eigenvalue weighted by atomic mass is 79.9. The number of allylic oxidation sites excluding steroid dienone is 1. The van der Waals surface area contributed by atoms with E-state index in [1.54, 1.807) is 6.08 Å². The molecule has 3 nitrogen and oxygen atoms in total. The summed E-state index contributed by atoms with van der Waals surface area (Å²) in [6.07, 6.45) is 10.2. The number of likely N-dealkylation sites (tertiary alicyclic amines) is 2. The minimum absolute atomic E-state index is 0.0861. The molecule has 1 atom stereocenters. The minimum Gasteiger partial charge on any atom is -0.373 e. The van der Waals surface area contributed by atoms with Crippen molar-refractivity contribution >= 4 is 21.7 Å². The smallest absolute Gasteiger partial charge is 0.187 e. The second-order valence-corrected chi connectivity index (χ2v) is 7.50. The summed E-state index contributed by atoms with van der Waals surface area (Å²) in [5.41, 5.74) is 0.748. The monoisotopic (exact) mass is 376 g/mol. The minimum atomic E-state index is 0.0861. The van der Waals surface area contributed by atoms with Crippen molar-refractivity contribution in [2.45, 2.75) is 38.1 Å². The molecular formula is C19H25BrN2O. The van der Waals surface area contributed by atoms with Gasteiger partial charge in [0, 0.05) is 41.4 Å². The van der Waals surface area contributed by atoms with Gasteiger partial charge in [0.1, 0.15) is 0 Å². The molecule has 0 N–H and O–H groups in total. The van der Waals surface area contributed by atoms with E-state index in [2.05, 4.69) is 25.7 Å². The van der Waals surface area contributed by atoms with Gasteiger partial charge in [-0.2, -0.15) is 0 Å². The van der Waals surface area contributed by atoms with Crippen LogP contribution in [0.1, 0.15) is 42.5 Å². The predicted octanol–water partition coefficient (Wildman–Crippen LogP) is 4.10. The summed E-state index contributed by atoms with van der Waals surface area (Å²) in [6, 6.07) is 8.13. The van der Waals surface area contributed by atoms with Crippen molar-refractivity contribution in [2.75, 3.05) is 26.2 Å². The fourth-order valence-corrected chi connectivity index (χ4v) is 3.82. The third kappa shape index (κ3) is 4.67. The van der Waals surface area contributed by atoms with Gasteiger partial charge in [0.25, 0.3) is 0 Å². The van der Waals surface area contributed by atoms with E-state index in [0.717, 1.165) is 23.1 Å². The fraction of sp³-hybridized carbons (Fsp3) is 0.526. The molecule has 0 aromatic heterocycles. The van der Waals surface area contributed by atoms with E-state index >= 15 is 0 Å². The molecule has 0 radical (unpaired) electrons. The number of carbonyl (C=O) groups excluding carboxylic acids is 1. The van der Waals surface area contributed by atoms with Gasteiger partial charge in [-0.25, -0.2) is 0 Å². The highest BCUT2D eigenvalue weighted by molar-refractivity contribution is 9.10. The van der Waals surface area contributed by atoms with Crippen molar-refractivity contribution in [1.82, 2.24) is 9.80 Å². The summed E-state index contributed by atoms with van der Waals surface area (Å²) in [5, 5.41) is 0. The van der Waals surface area contributed by atoms with Gasteiger partial charge < -0.3 is 9.80 Å². The number of nitrogens with zero attached hydrogens (tertiary/aromatic N) is 2. The molecule has 3 rings (SSSR count). The van der Waals surface area contributed by atoms with E-state index < -0.39 is 0 Å². The molecule has 1 aromatic carbocycles. The average molecular weight is 377 g/mol. The first-order chi connectivity index (χ1) is 11.2. The van der Waals surface area contributed by atoms with E-state index in [1.165, 1.54) is 45.2 Å². The number of ketones is 1. The predicted molar refractivity (Wildman–Crippen MR) is 97.6 cm³/mol. The maximum absolute atomic E-state index is 12.3. The fourth-order valence-electron chi connectivity index (χ4n) is 3.55. The summed E-state index contributed by atoms with van der Waals surface area (Å²) in [6.45, 7) is 4.71. The van der Waals surface area contributed by atoms with Crippen LogP contribution in [0.3, 0.4) is 0 Å². The van der Waals surface area contributed by atoms with Crippen LogP contribution in [0.25, 0.3) is 0 Å². The summed E-state index contributed by atoms with van der Waals surface area (Å²) in [7, 11) is 0. The molecule has 4 heteroatoms. The zero-order valence-electron chi connectivity index (χ0n) is 13.6. The summed E-state index contributed by atoms with van der Waals surface area (Å²) in [5.74, 6) is 0.0861. The molecule has 0 bridgehead atoms. The van der Waals surface area contributed by atoms with Crippen LogP contribution in [0.4, 0.5) is 0 Å². The Hall–Kier alpha value is -1.13. The van der Waals surface area contributed by atoms with Crippen LogP contribution < -0.4 is 0 Å². The lowest BCUT2D eigenvalue weighted by Gasteiger charge is -2.37. The maximum Gasteiger partial charge on any atom is 0.187 e. The van der Waals surface area contributed by atoms with E-state index in [9.17, 15) is 4.79 Å². The summed E-state index contributed by atoms with van der Waals surface area (Å²) in [4.78, 5) is 17.3. The first-order valence-electron chi connectivity index (χ1n) is 8.68. The van der Waals surface area contributed by atoms with Crippen molar-refractivity contribution in [3.63, 3.8) is 0 Å². The Morgan fingerprint density at radius 3 is 2.52 bits per heavy atom. The molecule has 0 saturated carbocycles. The van der Waals surface area contributed by atoms with Gasteiger partial charge in [0.2, 0.25) is 0 Å². The SMILES string of the molecule is O=C(C=CN1CCCCC1CN1CCCC1)c1ccc(Br)cc1. The molecule has 2 saturated heterocycles.